The SMILES string of the molecule is CC(C)(c1cccc(NC(=O)c2cc(C(F)(F)F)nn2-c2cccc(CN)c2)c1)[C@@](N)(Cc1ccccc1)C(=O)O. The maximum atomic E-state index is 13.6. The molecule has 0 aliphatic rings. The number of anilines is 1. The highest BCUT2D eigenvalue weighted by Gasteiger charge is 2.49. The van der Waals surface area contributed by atoms with E-state index >= 15 is 0 Å². The number of hydrogen-bond acceptors (Lipinski definition) is 5. The van der Waals surface area contributed by atoms with Crippen LogP contribution in [0.4, 0.5) is 18.9 Å². The van der Waals surface area contributed by atoms with Gasteiger partial charge < -0.3 is 21.9 Å². The predicted octanol–water partition coefficient (Wildman–Crippen LogP) is 4.90. The van der Waals surface area contributed by atoms with Gasteiger partial charge in [0, 0.05) is 30.1 Å². The fourth-order valence-corrected chi connectivity index (χ4v) is 4.61. The number of aliphatic carboxylic acids is 1. The minimum Gasteiger partial charge on any atom is -0.480 e. The first-order valence-corrected chi connectivity index (χ1v) is 12.7. The smallest absolute Gasteiger partial charge is 0.435 e. The molecular weight excluding hydrogens is 535 g/mol. The minimum atomic E-state index is -4.78. The number of carbonyl (C=O) groups excluding carboxylic acids is 1. The molecule has 0 saturated heterocycles. The van der Waals surface area contributed by atoms with Crippen molar-refractivity contribution in [2.24, 2.45) is 11.5 Å². The summed E-state index contributed by atoms with van der Waals surface area (Å²) in [6.07, 6.45) is -4.75. The van der Waals surface area contributed by atoms with Crippen molar-refractivity contribution in [1.82, 2.24) is 9.78 Å². The Morgan fingerprint density at radius 2 is 1.59 bits per heavy atom. The highest BCUT2D eigenvalue weighted by Crippen LogP contribution is 2.37. The molecule has 0 aliphatic carbocycles. The van der Waals surface area contributed by atoms with Gasteiger partial charge in [-0.25, -0.2) is 4.68 Å². The topological polar surface area (TPSA) is 136 Å². The van der Waals surface area contributed by atoms with Gasteiger partial charge in [-0.15, -0.1) is 0 Å². The molecule has 1 heterocycles. The summed E-state index contributed by atoms with van der Waals surface area (Å²) in [5.41, 5.74) is 10.2. The van der Waals surface area contributed by atoms with Crippen LogP contribution in [0.25, 0.3) is 5.69 Å². The number of alkyl halides is 3. The number of rotatable bonds is 9. The van der Waals surface area contributed by atoms with Crippen LogP contribution in [0.1, 0.15) is 46.7 Å². The minimum absolute atomic E-state index is 0.0357. The maximum Gasteiger partial charge on any atom is 0.435 e. The van der Waals surface area contributed by atoms with Crippen molar-refractivity contribution >= 4 is 17.6 Å². The third kappa shape index (κ3) is 6.01. The van der Waals surface area contributed by atoms with Crippen LogP contribution in [0.5, 0.6) is 0 Å². The lowest BCUT2D eigenvalue weighted by atomic mass is 9.65. The summed E-state index contributed by atoms with van der Waals surface area (Å²) in [4.78, 5) is 25.8. The summed E-state index contributed by atoms with van der Waals surface area (Å²) in [7, 11) is 0. The maximum absolute atomic E-state index is 13.6. The second-order valence-corrected chi connectivity index (χ2v) is 10.3. The van der Waals surface area contributed by atoms with Crippen LogP contribution in [0.3, 0.4) is 0 Å². The van der Waals surface area contributed by atoms with Gasteiger partial charge in [0.25, 0.3) is 5.91 Å². The van der Waals surface area contributed by atoms with Crippen molar-refractivity contribution in [3.8, 4) is 5.69 Å². The van der Waals surface area contributed by atoms with E-state index in [1.165, 1.54) is 6.07 Å². The average Bonchev–Trinajstić information content (AvgIpc) is 3.40. The van der Waals surface area contributed by atoms with Gasteiger partial charge >= 0.3 is 12.1 Å². The molecule has 0 unspecified atom stereocenters. The molecule has 1 aromatic heterocycles. The Bertz CT molecular complexity index is 1570. The first kappa shape index (κ1) is 29.5. The lowest BCUT2D eigenvalue weighted by Crippen LogP contribution is -2.62. The molecule has 3 aromatic carbocycles. The quantitative estimate of drug-likeness (QED) is 0.228. The van der Waals surface area contributed by atoms with Gasteiger partial charge in [0.2, 0.25) is 0 Å². The van der Waals surface area contributed by atoms with Crippen LogP contribution in [-0.4, -0.2) is 32.3 Å². The molecule has 1 atom stereocenters. The van der Waals surface area contributed by atoms with Crippen LogP contribution in [0.15, 0.2) is 84.9 Å². The van der Waals surface area contributed by atoms with Crippen molar-refractivity contribution in [2.45, 2.75) is 43.9 Å². The number of halogens is 3. The zero-order valence-electron chi connectivity index (χ0n) is 22.4. The van der Waals surface area contributed by atoms with E-state index in [4.69, 9.17) is 11.5 Å². The van der Waals surface area contributed by atoms with Gasteiger partial charge in [-0.05, 0) is 41.0 Å². The Balaban J connectivity index is 1.69. The first-order chi connectivity index (χ1) is 19.3. The van der Waals surface area contributed by atoms with Gasteiger partial charge in [0.15, 0.2) is 5.69 Å². The Labute approximate surface area is 234 Å². The van der Waals surface area contributed by atoms with Crippen molar-refractivity contribution < 1.29 is 27.9 Å². The molecule has 0 saturated carbocycles. The molecule has 0 fully saturated rings. The van der Waals surface area contributed by atoms with Crippen molar-refractivity contribution in [3.05, 3.63) is 113 Å². The zero-order chi connectivity index (χ0) is 30.0. The van der Waals surface area contributed by atoms with Crippen molar-refractivity contribution in [3.63, 3.8) is 0 Å². The molecule has 4 rings (SSSR count). The Morgan fingerprint density at radius 3 is 2.22 bits per heavy atom. The Hall–Kier alpha value is -4.48. The monoisotopic (exact) mass is 565 g/mol. The number of carboxylic acid groups (broad SMARTS) is 1. The number of carbonyl (C=O) groups is 2. The zero-order valence-corrected chi connectivity index (χ0v) is 22.4. The van der Waals surface area contributed by atoms with Crippen LogP contribution in [0.2, 0.25) is 0 Å². The molecule has 1 amide bonds. The van der Waals surface area contributed by atoms with E-state index in [0.717, 1.165) is 10.2 Å². The number of benzene rings is 3. The van der Waals surface area contributed by atoms with Gasteiger partial charge in [-0.2, -0.15) is 18.3 Å². The molecule has 0 bridgehead atoms. The number of aromatic nitrogens is 2. The van der Waals surface area contributed by atoms with Crippen LogP contribution < -0.4 is 16.8 Å². The number of nitrogens with one attached hydrogen (secondary N) is 1. The number of nitrogens with two attached hydrogens (primary N) is 2. The van der Waals surface area contributed by atoms with Crippen LogP contribution >= 0.6 is 0 Å². The lowest BCUT2D eigenvalue weighted by molar-refractivity contribution is -0.146. The number of amides is 1. The largest absolute Gasteiger partial charge is 0.480 e. The van der Waals surface area contributed by atoms with E-state index in [0.29, 0.717) is 17.2 Å². The van der Waals surface area contributed by atoms with Crippen LogP contribution in [-0.2, 0) is 29.4 Å². The first-order valence-electron chi connectivity index (χ1n) is 12.7. The average molecular weight is 566 g/mol. The summed E-state index contributed by atoms with van der Waals surface area (Å²) in [5, 5.41) is 16.5. The Morgan fingerprint density at radius 1 is 0.927 bits per heavy atom. The summed E-state index contributed by atoms with van der Waals surface area (Å²) in [6.45, 7) is 3.54. The summed E-state index contributed by atoms with van der Waals surface area (Å²) >= 11 is 0. The van der Waals surface area contributed by atoms with Crippen molar-refractivity contribution in [1.29, 1.82) is 0 Å². The standard InChI is InChI=1S/C30H30F3N5O3/c1-28(2,29(35,27(40)41)17-19-8-4-3-5-9-19)21-11-7-12-22(15-21)36-26(39)24-16-25(30(31,32)33)37-38(24)23-13-6-10-20(14-23)18-34/h3-16H,17-18,34-35H2,1-2H3,(H,36,39)(H,40,41)/t29-/m1/s1. The van der Waals surface area contributed by atoms with E-state index in [2.05, 4.69) is 10.4 Å². The lowest BCUT2D eigenvalue weighted by Gasteiger charge is -2.41. The fourth-order valence-electron chi connectivity index (χ4n) is 4.61. The van der Waals surface area contributed by atoms with Crippen LogP contribution in [0, 0.1) is 0 Å². The second-order valence-electron chi connectivity index (χ2n) is 10.3. The summed E-state index contributed by atoms with van der Waals surface area (Å²) in [5.74, 6) is -2.05. The molecule has 11 heteroatoms. The molecule has 0 radical (unpaired) electrons. The fraction of sp³-hybridized carbons (Fsp3) is 0.233. The molecule has 0 aliphatic heterocycles. The van der Waals surface area contributed by atoms with E-state index < -0.39 is 34.7 Å². The summed E-state index contributed by atoms with van der Waals surface area (Å²) in [6, 6.07) is 22.5. The number of nitrogens with zero attached hydrogens (tertiary/aromatic N) is 2. The Kier molecular flexibility index (Phi) is 8.05. The molecule has 41 heavy (non-hydrogen) atoms. The molecule has 8 nitrogen and oxygen atoms in total. The van der Waals surface area contributed by atoms with E-state index in [1.54, 1.807) is 80.6 Å². The highest BCUT2D eigenvalue weighted by atomic mass is 19.4. The summed E-state index contributed by atoms with van der Waals surface area (Å²) < 4.78 is 41.6. The predicted molar refractivity (Wildman–Crippen MR) is 149 cm³/mol. The van der Waals surface area contributed by atoms with Crippen molar-refractivity contribution in [2.75, 3.05) is 5.32 Å². The second kappa shape index (κ2) is 11.2. The van der Waals surface area contributed by atoms with Gasteiger partial charge in [0.1, 0.15) is 11.2 Å². The van der Waals surface area contributed by atoms with Gasteiger partial charge in [-0.3, -0.25) is 9.59 Å². The highest BCUT2D eigenvalue weighted by molar-refractivity contribution is 6.03. The van der Waals surface area contributed by atoms with E-state index in [-0.39, 0.29) is 30.0 Å². The van der Waals surface area contributed by atoms with Gasteiger partial charge in [0.05, 0.1) is 5.69 Å². The molecular formula is C30H30F3N5O3. The molecule has 0 spiro atoms. The third-order valence-corrected chi connectivity index (χ3v) is 7.29. The number of carboxylic acids is 1. The number of hydrogen-bond donors (Lipinski definition) is 4. The third-order valence-electron chi connectivity index (χ3n) is 7.29. The molecule has 6 N–H and O–H groups in total. The normalized spacial score (nSPS) is 13.4. The van der Waals surface area contributed by atoms with E-state index in [9.17, 15) is 27.9 Å². The molecule has 214 valence electrons. The van der Waals surface area contributed by atoms with Gasteiger partial charge in [-0.1, -0.05) is 68.4 Å². The molecule has 4 aromatic rings. The van der Waals surface area contributed by atoms with E-state index in [1.807, 2.05) is 6.07 Å².